The van der Waals surface area contributed by atoms with E-state index in [0.717, 1.165) is 41.3 Å². The van der Waals surface area contributed by atoms with Crippen molar-refractivity contribution < 1.29 is 0 Å². The number of hydrogen-bond donors (Lipinski definition) is 1. The molecule has 1 aromatic rings. The SMILES string of the molecule is Clc1cccc(CNC2C3CC4CC(C3)CC2C4)c1. The van der Waals surface area contributed by atoms with Crippen LogP contribution in [0.3, 0.4) is 0 Å². The molecule has 0 aromatic heterocycles. The van der Waals surface area contributed by atoms with E-state index < -0.39 is 0 Å². The molecule has 4 aliphatic carbocycles. The van der Waals surface area contributed by atoms with Gasteiger partial charge in [0.25, 0.3) is 0 Å². The number of hydrogen-bond acceptors (Lipinski definition) is 1. The van der Waals surface area contributed by atoms with Gasteiger partial charge in [0.2, 0.25) is 0 Å². The van der Waals surface area contributed by atoms with Crippen LogP contribution in [-0.4, -0.2) is 6.04 Å². The zero-order valence-electron chi connectivity index (χ0n) is 11.3. The summed E-state index contributed by atoms with van der Waals surface area (Å²) >= 11 is 6.06. The Morgan fingerprint density at radius 1 is 1.00 bits per heavy atom. The van der Waals surface area contributed by atoms with E-state index in [0.29, 0.717) is 0 Å². The first-order chi connectivity index (χ1) is 9.28. The fourth-order valence-corrected chi connectivity index (χ4v) is 5.35. The Labute approximate surface area is 120 Å². The van der Waals surface area contributed by atoms with Gasteiger partial charge in [0.1, 0.15) is 0 Å². The lowest BCUT2D eigenvalue weighted by Gasteiger charge is -2.54. The van der Waals surface area contributed by atoms with Crippen LogP contribution >= 0.6 is 11.6 Å². The first-order valence-electron chi connectivity index (χ1n) is 7.76. The van der Waals surface area contributed by atoms with Crippen LogP contribution in [0.1, 0.15) is 37.7 Å². The maximum absolute atomic E-state index is 6.06. The Hall–Kier alpha value is -0.530. The zero-order chi connectivity index (χ0) is 12.8. The van der Waals surface area contributed by atoms with E-state index >= 15 is 0 Å². The minimum absolute atomic E-state index is 0.770. The highest BCUT2D eigenvalue weighted by Crippen LogP contribution is 2.53. The van der Waals surface area contributed by atoms with Crippen LogP contribution in [0, 0.1) is 23.7 Å². The molecule has 4 fully saturated rings. The molecule has 2 heteroatoms. The van der Waals surface area contributed by atoms with Gasteiger partial charge in [-0.25, -0.2) is 0 Å². The van der Waals surface area contributed by atoms with Gasteiger partial charge in [-0.3, -0.25) is 0 Å². The van der Waals surface area contributed by atoms with Crippen LogP contribution in [0.5, 0.6) is 0 Å². The molecule has 0 atom stereocenters. The van der Waals surface area contributed by atoms with E-state index in [2.05, 4.69) is 23.5 Å². The molecule has 0 spiro atoms. The number of halogens is 1. The minimum atomic E-state index is 0.770. The standard InChI is InChI=1S/C17H22ClN/c18-16-3-1-2-11(9-16)10-19-17-14-5-12-4-13(7-14)8-15(17)6-12/h1-3,9,12-15,17,19H,4-8,10H2. The van der Waals surface area contributed by atoms with Crippen molar-refractivity contribution in [2.75, 3.05) is 0 Å². The lowest BCUT2D eigenvalue weighted by Crippen LogP contribution is -2.54. The smallest absolute Gasteiger partial charge is 0.0409 e. The van der Waals surface area contributed by atoms with Crippen molar-refractivity contribution in [2.24, 2.45) is 23.7 Å². The molecule has 1 N–H and O–H groups in total. The van der Waals surface area contributed by atoms with E-state index in [1.165, 1.54) is 37.7 Å². The maximum atomic E-state index is 6.06. The van der Waals surface area contributed by atoms with E-state index in [-0.39, 0.29) is 0 Å². The van der Waals surface area contributed by atoms with Gasteiger partial charge in [-0.2, -0.15) is 0 Å². The molecule has 4 saturated carbocycles. The van der Waals surface area contributed by atoms with Gasteiger partial charge in [0.15, 0.2) is 0 Å². The normalized spacial score (nSPS) is 39.7. The second kappa shape index (κ2) is 4.79. The molecule has 0 amide bonds. The summed E-state index contributed by atoms with van der Waals surface area (Å²) in [6.07, 6.45) is 7.48. The summed E-state index contributed by atoms with van der Waals surface area (Å²) in [6, 6.07) is 9.04. The van der Waals surface area contributed by atoms with Crippen molar-refractivity contribution in [3.05, 3.63) is 34.9 Å². The van der Waals surface area contributed by atoms with Crippen molar-refractivity contribution in [1.29, 1.82) is 0 Å². The Morgan fingerprint density at radius 3 is 2.32 bits per heavy atom. The van der Waals surface area contributed by atoms with Crippen molar-refractivity contribution in [3.63, 3.8) is 0 Å². The van der Waals surface area contributed by atoms with Crippen molar-refractivity contribution in [2.45, 2.75) is 44.7 Å². The summed E-state index contributed by atoms with van der Waals surface area (Å²) in [4.78, 5) is 0. The monoisotopic (exact) mass is 275 g/mol. The van der Waals surface area contributed by atoms with Gasteiger partial charge in [-0.15, -0.1) is 0 Å². The largest absolute Gasteiger partial charge is 0.309 e. The third-order valence-corrected chi connectivity index (χ3v) is 5.89. The molecular formula is C17H22ClN. The first-order valence-corrected chi connectivity index (χ1v) is 8.13. The second-order valence-electron chi connectivity index (χ2n) is 6.97. The van der Waals surface area contributed by atoms with Crippen LogP contribution in [0.4, 0.5) is 0 Å². The Morgan fingerprint density at radius 2 is 1.68 bits per heavy atom. The fourth-order valence-electron chi connectivity index (χ4n) is 5.14. The second-order valence-corrected chi connectivity index (χ2v) is 7.40. The van der Waals surface area contributed by atoms with Crippen LogP contribution in [0.15, 0.2) is 24.3 Å². The molecule has 1 aromatic carbocycles. The molecule has 1 nitrogen and oxygen atoms in total. The van der Waals surface area contributed by atoms with E-state index in [1.807, 2.05) is 6.07 Å². The van der Waals surface area contributed by atoms with E-state index in [1.54, 1.807) is 0 Å². The van der Waals surface area contributed by atoms with E-state index in [4.69, 9.17) is 11.6 Å². The van der Waals surface area contributed by atoms with Crippen LogP contribution < -0.4 is 5.32 Å². The minimum Gasteiger partial charge on any atom is -0.309 e. The quantitative estimate of drug-likeness (QED) is 0.869. The maximum Gasteiger partial charge on any atom is 0.0409 e. The van der Waals surface area contributed by atoms with Gasteiger partial charge in [0, 0.05) is 17.6 Å². The van der Waals surface area contributed by atoms with Crippen molar-refractivity contribution in [3.8, 4) is 0 Å². The summed E-state index contributed by atoms with van der Waals surface area (Å²) < 4.78 is 0. The molecule has 19 heavy (non-hydrogen) atoms. The van der Waals surface area contributed by atoms with Gasteiger partial charge in [-0.05, 0) is 73.5 Å². The van der Waals surface area contributed by atoms with Gasteiger partial charge >= 0.3 is 0 Å². The average molecular weight is 276 g/mol. The number of benzene rings is 1. The Balaban J connectivity index is 1.43. The highest BCUT2D eigenvalue weighted by atomic mass is 35.5. The van der Waals surface area contributed by atoms with Gasteiger partial charge in [-0.1, -0.05) is 23.7 Å². The molecule has 0 saturated heterocycles. The third-order valence-electron chi connectivity index (χ3n) is 5.66. The van der Waals surface area contributed by atoms with Crippen LogP contribution in [-0.2, 0) is 6.54 Å². The molecule has 0 aliphatic heterocycles. The predicted molar refractivity (Wildman–Crippen MR) is 79.1 cm³/mol. The van der Waals surface area contributed by atoms with Crippen LogP contribution in [0.25, 0.3) is 0 Å². The summed E-state index contributed by atoms with van der Waals surface area (Å²) in [5.41, 5.74) is 1.32. The summed E-state index contributed by atoms with van der Waals surface area (Å²) in [6.45, 7) is 0.980. The van der Waals surface area contributed by atoms with Gasteiger partial charge < -0.3 is 5.32 Å². The molecule has 4 aliphatic rings. The molecule has 0 unspecified atom stereocenters. The molecular weight excluding hydrogens is 254 g/mol. The Kier molecular flexibility index (Phi) is 3.08. The third kappa shape index (κ3) is 2.32. The van der Waals surface area contributed by atoms with Crippen molar-refractivity contribution >= 4 is 11.6 Å². The van der Waals surface area contributed by atoms with Gasteiger partial charge in [0.05, 0.1) is 0 Å². The molecule has 0 heterocycles. The fraction of sp³-hybridized carbons (Fsp3) is 0.647. The molecule has 102 valence electrons. The topological polar surface area (TPSA) is 12.0 Å². The lowest BCUT2D eigenvalue weighted by molar-refractivity contribution is -0.0142. The van der Waals surface area contributed by atoms with Crippen LogP contribution in [0.2, 0.25) is 5.02 Å². The number of nitrogens with one attached hydrogen (secondary N) is 1. The molecule has 4 bridgehead atoms. The average Bonchev–Trinajstić information content (AvgIpc) is 2.37. The summed E-state index contributed by atoms with van der Waals surface area (Å²) in [7, 11) is 0. The number of rotatable bonds is 3. The van der Waals surface area contributed by atoms with Crippen molar-refractivity contribution in [1.82, 2.24) is 5.32 Å². The highest BCUT2D eigenvalue weighted by molar-refractivity contribution is 6.30. The Bertz CT molecular complexity index is 442. The first kappa shape index (κ1) is 12.2. The summed E-state index contributed by atoms with van der Waals surface area (Å²) in [5.74, 6) is 4.03. The molecule has 5 rings (SSSR count). The highest BCUT2D eigenvalue weighted by Gasteiger charge is 2.47. The predicted octanol–water partition coefficient (Wildman–Crippen LogP) is 4.25. The molecule has 0 radical (unpaired) electrons. The zero-order valence-corrected chi connectivity index (χ0v) is 12.1. The lowest BCUT2D eigenvalue weighted by atomic mass is 9.54. The summed E-state index contributed by atoms with van der Waals surface area (Å²) in [5, 5.41) is 4.70. The van der Waals surface area contributed by atoms with E-state index in [9.17, 15) is 0 Å².